The molecule has 1 saturated heterocycles. The lowest BCUT2D eigenvalue weighted by Gasteiger charge is -2.14. The SMILES string of the molecule is CC1CNCC1C(=O)Nc1cccc(I)c1. The van der Waals surface area contributed by atoms with E-state index in [-0.39, 0.29) is 11.8 Å². The molecule has 1 aromatic carbocycles. The fraction of sp³-hybridized carbons (Fsp3) is 0.417. The summed E-state index contributed by atoms with van der Waals surface area (Å²) in [5, 5.41) is 6.21. The number of rotatable bonds is 2. The molecule has 2 unspecified atom stereocenters. The second kappa shape index (κ2) is 5.14. The number of carbonyl (C=O) groups excluding carboxylic acids is 1. The molecule has 86 valence electrons. The van der Waals surface area contributed by atoms with Gasteiger partial charge in [-0.15, -0.1) is 0 Å². The third kappa shape index (κ3) is 2.74. The second-order valence-corrected chi connectivity index (χ2v) is 5.49. The molecule has 2 N–H and O–H groups in total. The van der Waals surface area contributed by atoms with Crippen LogP contribution in [0.5, 0.6) is 0 Å². The molecule has 1 aliphatic rings. The summed E-state index contributed by atoms with van der Waals surface area (Å²) in [7, 11) is 0. The number of hydrogen-bond acceptors (Lipinski definition) is 2. The molecule has 0 saturated carbocycles. The minimum atomic E-state index is 0.0952. The number of halogens is 1. The Balaban J connectivity index is 2.02. The summed E-state index contributed by atoms with van der Waals surface area (Å²) < 4.78 is 1.13. The van der Waals surface area contributed by atoms with Crippen LogP contribution in [-0.2, 0) is 4.79 Å². The fourth-order valence-corrected chi connectivity index (χ4v) is 2.51. The molecule has 1 heterocycles. The third-order valence-corrected chi connectivity index (χ3v) is 3.62. The predicted molar refractivity (Wildman–Crippen MR) is 73.3 cm³/mol. The average molecular weight is 330 g/mol. The van der Waals surface area contributed by atoms with Gasteiger partial charge in [0.15, 0.2) is 0 Å². The van der Waals surface area contributed by atoms with Gasteiger partial charge in [0.05, 0.1) is 5.92 Å². The van der Waals surface area contributed by atoms with Gasteiger partial charge in [-0.25, -0.2) is 0 Å². The number of hydrogen-bond donors (Lipinski definition) is 2. The molecule has 0 aliphatic carbocycles. The molecule has 0 radical (unpaired) electrons. The maximum atomic E-state index is 12.0. The van der Waals surface area contributed by atoms with Gasteiger partial charge in [-0.1, -0.05) is 13.0 Å². The standard InChI is InChI=1S/C12H15IN2O/c1-8-6-14-7-11(8)12(16)15-10-4-2-3-9(13)5-10/h2-5,8,11,14H,6-7H2,1H3,(H,15,16). The molecule has 3 nitrogen and oxygen atoms in total. The van der Waals surface area contributed by atoms with Crippen molar-refractivity contribution in [1.29, 1.82) is 0 Å². The summed E-state index contributed by atoms with van der Waals surface area (Å²) in [6.45, 7) is 3.83. The van der Waals surface area contributed by atoms with E-state index in [1.165, 1.54) is 0 Å². The quantitative estimate of drug-likeness (QED) is 0.816. The molecule has 1 aromatic rings. The van der Waals surface area contributed by atoms with Crippen LogP contribution in [0.3, 0.4) is 0 Å². The van der Waals surface area contributed by atoms with Crippen molar-refractivity contribution in [1.82, 2.24) is 5.32 Å². The van der Waals surface area contributed by atoms with Gasteiger partial charge in [-0.2, -0.15) is 0 Å². The maximum Gasteiger partial charge on any atom is 0.229 e. The van der Waals surface area contributed by atoms with Crippen LogP contribution in [0.25, 0.3) is 0 Å². The molecule has 1 aliphatic heterocycles. The van der Waals surface area contributed by atoms with E-state index >= 15 is 0 Å². The highest BCUT2D eigenvalue weighted by atomic mass is 127. The number of carbonyl (C=O) groups is 1. The summed E-state index contributed by atoms with van der Waals surface area (Å²) in [4.78, 5) is 12.0. The second-order valence-electron chi connectivity index (χ2n) is 4.24. The van der Waals surface area contributed by atoms with Crippen LogP contribution < -0.4 is 10.6 Å². The van der Waals surface area contributed by atoms with Crippen LogP contribution in [0.1, 0.15) is 6.92 Å². The lowest BCUT2D eigenvalue weighted by atomic mass is 9.97. The number of benzene rings is 1. The van der Waals surface area contributed by atoms with Gasteiger partial charge in [-0.05, 0) is 53.3 Å². The molecule has 1 amide bonds. The summed E-state index contributed by atoms with van der Waals surface area (Å²) in [6, 6.07) is 7.86. The van der Waals surface area contributed by atoms with E-state index in [0.29, 0.717) is 5.92 Å². The lowest BCUT2D eigenvalue weighted by molar-refractivity contribution is -0.120. The van der Waals surface area contributed by atoms with Crippen molar-refractivity contribution in [2.45, 2.75) is 6.92 Å². The van der Waals surface area contributed by atoms with Gasteiger partial charge in [0.1, 0.15) is 0 Å². The van der Waals surface area contributed by atoms with Crippen molar-refractivity contribution in [2.75, 3.05) is 18.4 Å². The van der Waals surface area contributed by atoms with E-state index in [1.807, 2.05) is 24.3 Å². The maximum absolute atomic E-state index is 12.0. The fourth-order valence-electron chi connectivity index (χ4n) is 1.96. The van der Waals surface area contributed by atoms with Crippen LogP contribution in [0.15, 0.2) is 24.3 Å². The van der Waals surface area contributed by atoms with Gasteiger partial charge >= 0.3 is 0 Å². The molecule has 4 heteroatoms. The smallest absolute Gasteiger partial charge is 0.229 e. The first-order valence-corrected chi connectivity index (χ1v) is 6.52. The van der Waals surface area contributed by atoms with Crippen molar-refractivity contribution >= 4 is 34.2 Å². The first-order valence-electron chi connectivity index (χ1n) is 5.44. The minimum absolute atomic E-state index is 0.0952. The first kappa shape index (κ1) is 11.9. The molecular weight excluding hydrogens is 315 g/mol. The van der Waals surface area contributed by atoms with Crippen molar-refractivity contribution in [3.63, 3.8) is 0 Å². The van der Waals surface area contributed by atoms with Crippen molar-refractivity contribution < 1.29 is 4.79 Å². The zero-order valence-electron chi connectivity index (χ0n) is 9.16. The Hall–Kier alpha value is -0.620. The topological polar surface area (TPSA) is 41.1 Å². The van der Waals surface area contributed by atoms with Crippen LogP contribution in [0.2, 0.25) is 0 Å². The van der Waals surface area contributed by atoms with Crippen LogP contribution in [0.4, 0.5) is 5.69 Å². The summed E-state index contributed by atoms with van der Waals surface area (Å²) >= 11 is 2.24. The zero-order valence-corrected chi connectivity index (χ0v) is 11.3. The number of amides is 1. The Morgan fingerprint density at radius 1 is 1.50 bits per heavy atom. The van der Waals surface area contributed by atoms with Gasteiger partial charge in [0.25, 0.3) is 0 Å². The molecule has 0 spiro atoms. The summed E-state index contributed by atoms with van der Waals surface area (Å²) in [5.74, 6) is 0.639. The number of nitrogens with one attached hydrogen (secondary N) is 2. The van der Waals surface area contributed by atoms with Crippen molar-refractivity contribution in [3.05, 3.63) is 27.8 Å². The van der Waals surface area contributed by atoms with E-state index in [0.717, 1.165) is 22.3 Å². The van der Waals surface area contributed by atoms with Crippen LogP contribution in [0, 0.1) is 15.4 Å². The molecule has 2 atom stereocenters. The minimum Gasteiger partial charge on any atom is -0.326 e. The molecule has 16 heavy (non-hydrogen) atoms. The van der Waals surface area contributed by atoms with Gasteiger partial charge < -0.3 is 10.6 Å². The lowest BCUT2D eigenvalue weighted by Crippen LogP contribution is -2.27. The summed E-state index contributed by atoms with van der Waals surface area (Å²) in [6.07, 6.45) is 0. The van der Waals surface area contributed by atoms with Crippen molar-refractivity contribution in [2.24, 2.45) is 11.8 Å². The van der Waals surface area contributed by atoms with E-state index < -0.39 is 0 Å². The predicted octanol–water partition coefficient (Wildman–Crippen LogP) is 2.09. The van der Waals surface area contributed by atoms with Gasteiger partial charge in [-0.3, -0.25) is 4.79 Å². The van der Waals surface area contributed by atoms with E-state index in [2.05, 4.69) is 40.1 Å². The molecular formula is C12H15IN2O. The van der Waals surface area contributed by atoms with E-state index in [9.17, 15) is 4.79 Å². The van der Waals surface area contributed by atoms with Crippen molar-refractivity contribution in [3.8, 4) is 0 Å². The Bertz CT molecular complexity index is 394. The van der Waals surface area contributed by atoms with Gasteiger partial charge in [0, 0.05) is 15.8 Å². The van der Waals surface area contributed by atoms with E-state index in [4.69, 9.17) is 0 Å². The zero-order chi connectivity index (χ0) is 11.5. The molecule has 2 rings (SSSR count). The third-order valence-electron chi connectivity index (χ3n) is 2.95. The van der Waals surface area contributed by atoms with Crippen LogP contribution >= 0.6 is 22.6 Å². The molecule has 0 aromatic heterocycles. The highest BCUT2D eigenvalue weighted by molar-refractivity contribution is 14.1. The average Bonchev–Trinajstić information content (AvgIpc) is 2.64. The first-order chi connectivity index (χ1) is 7.66. The van der Waals surface area contributed by atoms with Crippen LogP contribution in [-0.4, -0.2) is 19.0 Å². The summed E-state index contributed by atoms with van der Waals surface area (Å²) in [5.41, 5.74) is 0.885. The molecule has 1 fully saturated rings. The highest BCUT2D eigenvalue weighted by Crippen LogP contribution is 2.19. The van der Waals surface area contributed by atoms with Gasteiger partial charge in [0.2, 0.25) is 5.91 Å². The molecule has 0 bridgehead atoms. The Morgan fingerprint density at radius 3 is 2.94 bits per heavy atom. The highest BCUT2D eigenvalue weighted by Gasteiger charge is 2.29. The van der Waals surface area contributed by atoms with E-state index in [1.54, 1.807) is 0 Å². The normalized spacial score (nSPS) is 24.4. The number of anilines is 1. The Morgan fingerprint density at radius 2 is 2.31 bits per heavy atom. The largest absolute Gasteiger partial charge is 0.326 e. The Labute approximate surface area is 109 Å². The monoisotopic (exact) mass is 330 g/mol. The Kier molecular flexibility index (Phi) is 3.81.